The van der Waals surface area contributed by atoms with Gasteiger partial charge in [0.25, 0.3) is 6.57 Å². The normalized spacial score (nSPS) is 34.3. The topological polar surface area (TPSA) is 74.2 Å². The van der Waals surface area contributed by atoms with Crippen LogP contribution in [0.5, 0.6) is 0 Å². The molecule has 1 aliphatic heterocycles. The van der Waals surface area contributed by atoms with Crippen LogP contribution < -0.4 is 0 Å². The summed E-state index contributed by atoms with van der Waals surface area (Å²) >= 11 is 3.96. The average molecular weight is 312 g/mol. The Morgan fingerprint density at radius 3 is 2.68 bits per heavy atom. The number of hydrogen-bond acceptors (Lipinski definition) is 6. The Labute approximate surface area is 120 Å². The Hall–Kier alpha value is 0.445. The fourth-order valence-corrected chi connectivity index (χ4v) is 3.11. The van der Waals surface area contributed by atoms with Crippen LogP contribution >= 0.6 is 18.8 Å². The molecule has 0 radical (unpaired) electrons. The zero-order valence-electron chi connectivity index (χ0n) is 11.5. The molecule has 6 nitrogen and oxygen atoms in total. The summed E-state index contributed by atoms with van der Waals surface area (Å²) in [6.45, 7) is -0.714. The minimum atomic E-state index is -2.95. The van der Waals surface area contributed by atoms with Gasteiger partial charge in [-0.1, -0.05) is 12.2 Å². The van der Waals surface area contributed by atoms with E-state index in [9.17, 15) is 4.57 Å². The quantitative estimate of drug-likeness (QED) is 0.282. The lowest BCUT2D eigenvalue weighted by molar-refractivity contribution is -0.0202. The molecule has 0 aromatic rings. The predicted molar refractivity (Wildman–Crippen MR) is 77.9 cm³/mol. The average Bonchev–Trinajstić information content (AvgIpc) is 2.56. The molecule has 0 amide bonds. The van der Waals surface area contributed by atoms with Gasteiger partial charge in [-0.25, -0.2) is 0 Å². The standard InChI is InChI=1S/C10H22BO6PS/c1-14-6-7-8(17-18(2,13)19)9(10(11)16-7)15-5-3-4-12/h7-10,12H,3-6,11H2,1-2H3,(H,13,19)/t7-,8?,9?,10-,18?/m1/s1. The maximum atomic E-state index is 11.8. The van der Waals surface area contributed by atoms with E-state index in [0.29, 0.717) is 19.6 Å². The molecule has 0 aromatic carbocycles. The molecule has 1 aliphatic rings. The first-order valence-electron chi connectivity index (χ1n) is 6.24. The molecular weight excluding hydrogens is 290 g/mol. The molecule has 1 fully saturated rings. The molecule has 1 heterocycles. The highest BCUT2D eigenvalue weighted by atomic mass is 32.7. The van der Waals surface area contributed by atoms with Gasteiger partial charge in [-0.15, -0.1) is 0 Å². The Bertz CT molecular complexity index is 314. The number of thiol groups is 1. The van der Waals surface area contributed by atoms with Crippen LogP contribution in [0.2, 0.25) is 0 Å². The van der Waals surface area contributed by atoms with Gasteiger partial charge < -0.3 is 23.8 Å². The van der Waals surface area contributed by atoms with E-state index in [1.54, 1.807) is 7.11 Å². The second-order valence-corrected chi connectivity index (χ2v) is 8.62. The van der Waals surface area contributed by atoms with Gasteiger partial charge in [0.1, 0.15) is 26.2 Å². The van der Waals surface area contributed by atoms with Crippen LogP contribution in [-0.4, -0.2) is 70.9 Å². The third kappa shape index (κ3) is 5.75. The summed E-state index contributed by atoms with van der Waals surface area (Å²) < 4.78 is 33.7. The molecule has 9 heteroatoms. The minimum Gasteiger partial charge on any atom is -0.396 e. The Kier molecular flexibility index (Phi) is 7.39. The first-order valence-corrected chi connectivity index (χ1v) is 9.47. The number of rotatable bonds is 8. The van der Waals surface area contributed by atoms with Crippen LogP contribution in [0.1, 0.15) is 6.42 Å². The molecule has 3 unspecified atom stereocenters. The molecule has 1 rings (SSSR count). The van der Waals surface area contributed by atoms with Crippen molar-refractivity contribution in [3.8, 4) is 0 Å². The van der Waals surface area contributed by atoms with Crippen molar-refractivity contribution in [3.63, 3.8) is 0 Å². The van der Waals surface area contributed by atoms with Crippen molar-refractivity contribution in [2.75, 3.05) is 33.6 Å². The van der Waals surface area contributed by atoms with Crippen LogP contribution in [0.4, 0.5) is 0 Å². The van der Waals surface area contributed by atoms with E-state index in [1.165, 1.54) is 6.66 Å². The lowest BCUT2D eigenvalue weighted by atomic mass is 9.93. The molecule has 0 saturated carbocycles. The van der Waals surface area contributed by atoms with Gasteiger partial charge in [-0.2, -0.15) is 0 Å². The van der Waals surface area contributed by atoms with Crippen LogP contribution in [0.3, 0.4) is 0 Å². The van der Waals surface area contributed by atoms with Crippen LogP contribution in [0, 0.1) is 0 Å². The molecule has 0 aromatic heterocycles. The molecular formula is C10H22BO6PS. The maximum Gasteiger partial charge on any atom is 0.252 e. The highest BCUT2D eigenvalue weighted by Crippen LogP contribution is 2.50. The van der Waals surface area contributed by atoms with Crippen molar-refractivity contribution in [2.24, 2.45) is 0 Å². The second-order valence-electron chi connectivity index (χ2n) is 4.62. The van der Waals surface area contributed by atoms with Gasteiger partial charge in [0, 0.05) is 27.0 Å². The lowest BCUT2D eigenvalue weighted by Gasteiger charge is -2.25. The summed E-state index contributed by atoms with van der Waals surface area (Å²) in [5, 5.41) is 8.78. The molecule has 1 saturated heterocycles. The molecule has 5 atom stereocenters. The zero-order valence-corrected chi connectivity index (χ0v) is 13.3. The summed E-state index contributed by atoms with van der Waals surface area (Å²) in [5.74, 6) is 0. The predicted octanol–water partition coefficient (Wildman–Crippen LogP) is -0.104. The first-order chi connectivity index (χ1) is 8.89. The summed E-state index contributed by atoms with van der Waals surface area (Å²) in [6.07, 6.45) is -0.621. The van der Waals surface area contributed by atoms with Crippen LogP contribution in [0.25, 0.3) is 0 Å². The molecule has 0 spiro atoms. The third-order valence-electron chi connectivity index (χ3n) is 2.80. The Balaban J connectivity index is 2.70. The van der Waals surface area contributed by atoms with Gasteiger partial charge in [0.15, 0.2) is 0 Å². The molecule has 0 bridgehead atoms. The molecule has 0 aliphatic carbocycles. The van der Waals surface area contributed by atoms with Crippen LogP contribution in [0.15, 0.2) is 0 Å². The Morgan fingerprint density at radius 1 is 1.47 bits per heavy atom. The smallest absolute Gasteiger partial charge is 0.252 e. The van der Waals surface area contributed by atoms with Gasteiger partial charge in [-0.05, 0) is 6.42 Å². The third-order valence-corrected chi connectivity index (χ3v) is 3.72. The summed E-state index contributed by atoms with van der Waals surface area (Å²) in [4.78, 5) is 0. The SMILES string of the molecule is B[C@@H]1O[C@H](COC)C(OP(C)(=O)S)C1OCCCO. The van der Waals surface area contributed by atoms with E-state index in [1.807, 2.05) is 7.85 Å². The van der Waals surface area contributed by atoms with Gasteiger partial charge in [0.05, 0.1) is 12.6 Å². The van der Waals surface area contributed by atoms with Gasteiger partial charge in [0.2, 0.25) is 0 Å². The fourth-order valence-electron chi connectivity index (χ4n) is 2.08. The van der Waals surface area contributed by atoms with E-state index < -0.39 is 12.7 Å². The number of aliphatic hydroxyl groups excluding tert-OH is 1. The summed E-state index contributed by atoms with van der Waals surface area (Å²) in [6, 6.07) is -0.191. The van der Waals surface area contributed by atoms with Crippen LogP contribution in [-0.2, 0) is 23.3 Å². The minimum absolute atomic E-state index is 0.0633. The van der Waals surface area contributed by atoms with Crippen molar-refractivity contribution in [1.29, 1.82) is 0 Å². The molecule has 1 N–H and O–H groups in total. The second kappa shape index (κ2) is 8.03. The van der Waals surface area contributed by atoms with Gasteiger partial charge >= 0.3 is 0 Å². The maximum absolute atomic E-state index is 11.8. The molecule has 19 heavy (non-hydrogen) atoms. The number of ether oxygens (including phenoxy) is 3. The van der Waals surface area contributed by atoms with E-state index >= 15 is 0 Å². The van der Waals surface area contributed by atoms with E-state index in [0.717, 1.165) is 0 Å². The largest absolute Gasteiger partial charge is 0.396 e. The number of aliphatic hydroxyl groups is 1. The van der Waals surface area contributed by atoms with Gasteiger partial charge in [-0.3, -0.25) is 4.57 Å². The first kappa shape index (κ1) is 17.5. The van der Waals surface area contributed by atoms with Crippen molar-refractivity contribution in [3.05, 3.63) is 0 Å². The Morgan fingerprint density at radius 2 is 2.16 bits per heavy atom. The van der Waals surface area contributed by atoms with Crippen molar-refractivity contribution in [1.82, 2.24) is 0 Å². The van der Waals surface area contributed by atoms with E-state index in [2.05, 4.69) is 12.2 Å². The highest BCUT2D eigenvalue weighted by Gasteiger charge is 2.45. The van der Waals surface area contributed by atoms with Crippen molar-refractivity contribution < 1.29 is 28.4 Å². The number of hydrogen-bond donors (Lipinski definition) is 2. The van der Waals surface area contributed by atoms with E-state index in [4.69, 9.17) is 23.8 Å². The zero-order chi connectivity index (χ0) is 14.5. The summed E-state index contributed by atoms with van der Waals surface area (Å²) in [5.41, 5.74) is 0. The van der Waals surface area contributed by atoms with Crippen molar-refractivity contribution >= 4 is 26.7 Å². The van der Waals surface area contributed by atoms with Crippen molar-refractivity contribution in [2.45, 2.75) is 30.7 Å². The fraction of sp³-hybridized carbons (Fsp3) is 1.00. The summed E-state index contributed by atoms with van der Waals surface area (Å²) in [7, 11) is 3.44. The monoisotopic (exact) mass is 312 g/mol. The van der Waals surface area contributed by atoms with E-state index in [-0.39, 0.29) is 24.8 Å². The highest BCUT2D eigenvalue weighted by molar-refractivity contribution is 8.46. The number of methoxy groups -OCH3 is 1. The lowest BCUT2D eigenvalue weighted by Crippen LogP contribution is -2.38. The molecule has 112 valence electrons.